The molecule has 0 saturated carbocycles. The summed E-state index contributed by atoms with van der Waals surface area (Å²) in [6.45, 7) is 0. The maximum atomic E-state index is 9.82. The lowest BCUT2D eigenvalue weighted by Gasteiger charge is -1.67. The highest BCUT2D eigenvalue weighted by atomic mass is 16.3. The molecule has 1 aromatic heterocycles. The van der Waals surface area contributed by atoms with Gasteiger partial charge in [0.25, 0.3) is 6.29 Å². The van der Waals surface area contributed by atoms with E-state index >= 15 is 0 Å². The molecule has 0 bridgehead atoms. The Morgan fingerprint density at radius 3 is 2.44 bits per heavy atom. The minimum absolute atomic E-state index is 0.0216. The first-order valence-electron chi connectivity index (χ1n) is 2.21. The van der Waals surface area contributed by atoms with E-state index in [2.05, 4.69) is 4.42 Å². The Balaban J connectivity index is 2.98. The summed E-state index contributed by atoms with van der Waals surface area (Å²) in [6, 6.07) is 1.26. The van der Waals surface area contributed by atoms with Crippen LogP contribution in [0.4, 0.5) is 0 Å². The summed E-state index contributed by atoms with van der Waals surface area (Å²) in [4.78, 5) is 19.6. The van der Waals surface area contributed by atoms with E-state index in [1.54, 1.807) is 6.29 Å². The fourth-order valence-electron chi connectivity index (χ4n) is 0.443. The van der Waals surface area contributed by atoms with Gasteiger partial charge in [-0.25, -0.2) is 0 Å². The maximum absolute atomic E-state index is 9.82. The molecule has 0 aliphatic carbocycles. The first kappa shape index (κ1) is 5.75. The van der Waals surface area contributed by atoms with E-state index in [9.17, 15) is 9.59 Å². The molecule has 0 aliphatic rings. The van der Waals surface area contributed by atoms with Crippen molar-refractivity contribution in [1.29, 1.82) is 0 Å². The minimum Gasteiger partial charge on any atom is -0.460 e. The predicted molar refractivity (Wildman–Crippen MR) is 28.3 cm³/mol. The average molecular weight is 122 g/mol. The Bertz CT molecular complexity index is 201. The monoisotopic (exact) mass is 122 g/mol. The second-order valence-electron chi connectivity index (χ2n) is 1.40. The molecule has 44 valence electrons. The van der Waals surface area contributed by atoms with Crippen molar-refractivity contribution in [2.24, 2.45) is 0 Å². The Kier molecular flexibility index (Phi) is 1.44. The maximum Gasteiger partial charge on any atom is 0.271 e. The van der Waals surface area contributed by atoms with E-state index in [-0.39, 0.29) is 11.3 Å². The van der Waals surface area contributed by atoms with Crippen LogP contribution in [0.1, 0.15) is 11.3 Å². The minimum atomic E-state index is 0.0216. The topological polar surface area (TPSA) is 47.3 Å². The van der Waals surface area contributed by atoms with Crippen molar-refractivity contribution in [2.45, 2.75) is 0 Å². The second kappa shape index (κ2) is 2.26. The molecule has 0 aliphatic heterocycles. The van der Waals surface area contributed by atoms with Crippen LogP contribution in [0.5, 0.6) is 0 Å². The summed E-state index contributed by atoms with van der Waals surface area (Å²) in [6.07, 6.45) is 4.19. The van der Waals surface area contributed by atoms with Gasteiger partial charge in [-0.3, -0.25) is 9.59 Å². The lowest BCUT2D eigenvalue weighted by atomic mass is 10.3. The zero-order valence-corrected chi connectivity index (χ0v) is 4.38. The van der Waals surface area contributed by atoms with Gasteiger partial charge in [-0.1, -0.05) is 0 Å². The van der Waals surface area contributed by atoms with Crippen LogP contribution in [0.3, 0.4) is 0 Å². The number of rotatable bonds is 2. The highest BCUT2D eigenvalue weighted by molar-refractivity contribution is 5.79. The molecule has 1 heterocycles. The Morgan fingerprint density at radius 2 is 2.11 bits per heavy atom. The van der Waals surface area contributed by atoms with Crippen LogP contribution in [0.2, 0.25) is 0 Å². The van der Waals surface area contributed by atoms with E-state index in [0.29, 0.717) is 0 Å². The normalized spacial score (nSPS) is 8.89. The fourth-order valence-corrected chi connectivity index (χ4v) is 0.443. The molecule has 9 heavy (non-hydrogen) atoms. The van der Waals surface area contributed by atoms with E-state index in [1.807, 2.05) is 0 Å². The molecule has 0 amide bonds. The molecule has 1 rings (SSSR count). The largest absolute Gasteiger partial charge is 0.460 e. The Morgan fingerprint density at radius 1 is 1.33 bits per heavy atom. The van der Waals surface area contributed by atoms with Gasteiger partial charge >= 0.3 is 0 Å². The van der Waals surface area contributed by atoms with Gasteiger partial charge in [0, 0.05) is 0 Å². The van der Waals surface area contributed by atoms with Crippen molar-refractivity contribution in [3.8, 4) is 0 Å². The van der Waals surface area contributed by atoms with Crippen LogP contribution in [-0.2, 0) is 9.59 Å². The van der Waals surface area contributed by atoms with Gasteiger partial charge in [-0.05, 0) is 6.07 Å². The van der Waals surface area contributed by atoms with Gasteiger partial charge in [0.05, 0.1) is 5.56 Å². The van der Waals surface area contributed by atoms with Crippen molar-refractivity contribution in [3.05, 3.63) is 23.7 Å². The lowest BCUT2D eigenvalue weighted by Crippen LogP contribution is -1.71. The summed E-state index contributed by atoms with van der Waals surface area (Å²) >= 11 is 0. The molecule has 0 atom stereocenters. The van der Waals surface area contributed by atoms with Crippen LogP contribution in [0.25, 0.3) is 0 Å². The molecule has 0 saturated heterocycles. The van der Waals surface area contributed by atoms with Crippen molar-refractivity contribution >= 4 is 12.6 Å². The summed E-state index contributed by atoms with van der Waals surface area (Å²) in [5.41, 5.74) is 0.230. The lowest BCUT2D eigenvalue weighted by molar-refractivity contribution is 0.517. The molecular formula is C6H2O3. The highest BCUT2D eigenvalue weighted by Gasteiger charge is 1.98. The molecule has 3 heteroatoms. The zero-order valence-electron chi connectivity index (χ0n) is 4.38. The number of furan rings is 1. The molecule has 0 N–H and O–H groups in total. The van der Waals surface area contributed by atoms with Gasteiger partial charge < -0.3 is 4.42 Å². The van der Waals surface area contributed by atoms with Crippen LogP contribution in [0, 0.1) is 0 Å². The zero-order chi connectivity index (χ0) is 6.69. The van der Waals surface area contributed by atoms with Crippen LogP contribution < -0.4 is 0 Å². The summed E-state index contributed by atoms with van der Waals surface area (Å²) in [7, 11) is 0. The molecule has 0 fully saturated rings. The van der Waals surface area contributed by atoms with Gasteiger partial charge in [-0.15, -0.1) is 0 Å². The smallest absolute Gasteiger partial charge is 0.271 e. The van der Waals surface area contributed by atoms with Gasteiger partial charge in [0.15, 0.2) is 5.76 Å². The van der Waals surface area contributed by atoms with Gasteiger partial charge in [0.1, 0.15) is 6.26 Å². The SMILES string of the molecule is O=[C]c1coc([C]=O)c1. The molecule has 1 aromatic rings. The van der Waals surface area contributed by atoms with E-state index < -0.39 is 0 Å². The van der Waals surface area contributed by atoms with E-state index in [4.69, 9.17) is 0 Å². The second-order valence-corrected chi connectivity index (χ2v) is 1.40. The quantitative estimate of drug-likeness (QED) is 0.562. The number of hydrogen-bond acceptors (Lipinski definition) is 3. The summed E-state index contributed by atoms with van der Waals surface area (Å²) < 4.78 is 4.52. The van der Waals surface area contributed by atoms with E-state index in [1.165, 1.54) is 12.4 Å². The standard InChI is InChI=1S/C6H2O3/c7-2-5-1-6(3-8)9-4-5/h1,4H. The molecule has 0 aromatic carbocycles. The number of hydrogen-bond donors (Lipinski definition) is 0. The first-order valence-corrected chi connectivity index (χ1v) is 2.21. The molecule has 2 radical (unpaired) electrons. The van der Waals surface area contributed by atoms with Crippen LogP contribution >= 0.6 is 0 Å². The van der Waals surface area contributed by atoms with Crippen molar-refractivity contribution in [3.63, 3.8) is 0 Å². The van der Waals surface area contributed by atoms with Crippen molar-refractivity contribution in [2.75, 3.05) is 0 Å². The number of carbonyl (C=O) groups excluding carboxylic acids is 2. The summed E-state index contributed by atoms with van der Waals surface area (Å²) in [5.74, 6) is 0.0216. The predicted octanol–water partition coefficient (Wildman–Crippen LogP) is 0.195. The van der Waals surface area contributed by atoms with Crippen LogP contribution in [0.15, 0.2) is 16.7 Å². The van der Waals surface area contributed by atoms with Crippen molar-refractivity contribution in [1.82, 2.24) is 0 Å². The molecular weight excluding hydrogens is 120 g/mol. The van der Waals surface area contributed by atoms with Crippen LogP contribution in [-0.4, -0.2) is 12.6 Å². The first-order chi connectivity index (χ1) is 4.36. The molecule has 0 unspecified atom stereocenters. The van der Waals surface area contributed by atoms with Crippen molar-refractivity contribution < 1.29 is 14.0 Å². The third kappa shape index (κ3) is 1.05. The van der Waals surface area contributed by atoms with Gasteiger partial charge in [-0.2, -0.15) is 0 Å². The third-order valence-corrected chi connectivity index (χ3v) is 0.818. The van der Waals surface area contributed by atoms with Gasteiger partial charge in [0.2, 0.25) is 6.29 Å². The molecule has 0 spiro atoms. The fraction of sp³-hybridized carbons (Fsp3) is 0. The highest BCUT2D eigenvalue weighted by Crippen LogP contribution is 2.00. The average Bonchev–Trinajstić information content (AvgIpc) is 2.34. The Hall–Kier alpha value is -1.38. The Labute approximate surface area is 51.3 Å². The summed E-state index contributed by atoms with van der Waals surface area (Å²) in [5, 5.41) is 0. The third-order valence-electron chi connectivity index (χ3n) is 0.818. The molecule has 3 nitrogen and oxygen atoms in total. The van der Waals surface area contributed by atoms with E-state index in [0.717, 1.165) is 6.26 Å².